The molecule has 9 heteroatoms. The Kier molecular flexibility index (Phi) is 6.64. The van der Waals surface area contributed by atoms with Gasteiger partial charge in [-0.1, -0.05) is 48.0 Å². The molecule has 188 valence electrons. The lowest BCUT2D eigenvalue weighted by Crippen LogP contribution is -2.57. The van der Waals surface area contributed by atoms with Crippen molar-refractivity contribution in [1.82, 2.24) is 0 Å². The number of esters is 1. The number of imide groups is 2. The summed E-state index contributed by atoms with van der Waals surface area (Å²) in [6.07, 6.45) is 1.28. The number of hydrogen-bond acceptors (Lipinski definition) is 6. The summed E-state index contributed by atoms with van der Waals surface area (Å²) in [6, 6.07) is 23.6. The normalized spacial score (nSPS) is 13.6. The number of halogens is 1. The van der Waals surface area contributed by atoms with E-state index in [9.17, 15) is 19.2 Å². The molecule has 0 unspecified atom stereocenters. The molecule has 5 rings (SSSR count). The molecule has 0 spiro atoms. The third-order valence-corrected chi connectivity index (χ3v) is 6.17. The van der Waals surface area contributed by atoms with Gasteiger partial charge in [-0.25, -0.2) is 19.4 Å². The van der Waals surface area contributed by atoms with Crippen LogP contribution in [0.1, 0.15) is 16.1 Å². The van der Waals surface area contributed by atoms with E-state index >= 15 is 0 Å². The zero-order valence-electron chi connectivity index (χ0n) is 20.0. The molecule has 0 radical (unpaired) electrons. The van der Waals surface area contributed by atoms with Crippen LogP contribution in [-0.2, 0) is 14.3 Å². The molecule has 1 aliphatic heterocycles. The van der Waals surface area contributed by atoms with Crippen LogP contribution in [0.4, 0.5) is 16.2 Å². The third kappa shape index (κ3) is 4.49. The molecule has 1 aromatic heterocycles. The van der Waals surface area contributed by atoms with Gasteiger partial charge in [0.15, 0.2) is 0 Å². The first-order valence-electron chi connectivity index (χ1n) is 11.4. The molecule has 0 aliphatic carbocycles. The number of furan rings is 1. The fraction of sp³-hybridized carbons (Fsp3) is 0.0345. The number of urea groups is 1. The Morgan fingerprint density at radius 3 is 1.95 bits per heavy atom. The lowest BCUT2D eigenvalue weighted by Gasteiger charge is -2.33. The van der Waals surface area contributed by atoms with Crippen molar-refractivity contribution in [1.29, 1.82) is 0 Å². The standard InChI is InChI=1S/C29H19ClN2O6/c1-37-28(35)18-12-14-24(30)22(16-18)25-15-13-21(38-25)17-23-26(33)31(19-8-4-2-5-9-19)29(36)32(27(23)34)20-10-6-3-7-11-20/h2-17H,1H3. The maximum atomic E-state index is 13.5. The minimum Gasteiger partial charge on any atom is -0.465 e. The number of hydrogen-bond donors (Lipinski definition) is 0. The van der Waals surface area contributed by atoms with Crippen LogP contribution in [0.5, 0.6) is 0 Å². The number of methoxy groups -OCH3 is 1. The van der Waals surface area contributed by atoms with E-state index < -0.39 is 23.8 Å². The van der Waals surface area contributed by atoms with Gasteiger partial charge in [0.2, 0.25) is 0 Å². The van der Waals surface area contributed by atoms with Crippen LogP contribution in [0.2, 0.25) is 5.02 Å². The van der Waals surface area contributed by atoms with Crippen LogP contribution >= 0.6 is 11.6 Å². The number of barbiturate groups is 1. The molecule has 1 saturated heterocycles. The number of nitrogens with zero attached hydrogens (tertiary/aromatic N) is 2. The van der Waals surface area contributed by atoms with Gasteiger partial charge in [-0.15, -0.1) is 0 Å². The van der Waals surface area contributed by atoms with Crippen molar-refractivity contribution in [2.24, 2.45) is 0 Å². The summed E-state index contributed by atoms with van der Waals surface area (Å²) < 4.78 is 10.7. The van der Waals surface area contributed by atoms with Gasteiger partial charge in [0.25, 0.3) is 11.8 Å². The Morgan fingerprint density at radius 2 is 1.39 bits per heavy atom. The average molecular weight is 527 g/mol. The SMILES string of the molecule is COC(=O)c1ccc(Cl)c(-c2ccc(C=C3C(=O)N(c4ccccc4)C(=O)N(c4ccccc4)C3=O)o2)c1. The number of ether oxygens (including phenoxy) is 1. The van der Waals surface area contributed by atoms with Gasteiger partial charge in [0.05, 0.1) is 29.1 Å². The van der Waals surface area contributed by atoms with E-state index in [-0.39, 0.29) is 16.9 Å². The second-order valence-corrected chi connectivity index (χ2v) is 8.59. The third-order valence-electron chi connectivity index (χ3n) is 5.84. The van der Waals surface area contributed by atoms with Gasteiger partial charge in [-0.05, 0) is 60.7 Å². The number of anilines is 2. The number of amides is 4. The van der Waals surface area contributed by atoms with Crippen molar-refractivity contribution < 1.29 is 28.3 Å². The first kappa shape index (κ1) is 24.7. The summed E-state index contributed by atoms with van der Waals surface area (Å²) in [7, 11) is 1.27. The van der Waals surface area contributed by atoms with Crippen LogP contribution in [0.15, 0.2) is 101 Å². The summed E-state index contributed by atoms with van der Waals surface area (Å²) in [5.74, 6) is -1.64. The molecule has 3 aromatic carbocycles. The fourth-order valence-corrected chi connectivity index (χ4v) is 4.23. The van der Waals surface area contributed by atoms with Crippen molar-refractivity contribution in [3.63, 3.8) is 0 Å². The molecule has 0 N–H and O–H groups in total. The van der Waals surface area contributed by atoms with E-state index in [0.29, 0.717) is 27.7 Å². The molecule has 0 atom stereocenters. The van der Waals surface area contributed by atoms with Gasteiger partial charge >= 0.3 is 12.0 Å². The average Bonchev–Trinajstić information content (AvgIpc) is 3.40. The highest BCUT2D eigenvalue weighted by molar-refractivity contribution is 6.46. The quantitative estimate of drug-likeness (QED) is 0.180. The van der Waals surface area contributed by atoms with Crippen LogP contribution in [0.25, 0.3) is 17.4 Å². The van der Waals surface area contributed by atoms with E-state index in [0.717, 1.165) is 9.80 Å². The zero-order chi connectivity index (χ0) is 26.8. The number of rotatable bonds is 5. The molecule has 8 nitrogen and oxygen atoms in total. The topological polar surface area (TPSA) is 97.1 Å². The second-order valence-electron chi connectivity index (χ2n) is 8.18. The Bertz CT molecular complexity index is 1530. The molecule has 1 aliphatic rings. The highest BCUT2D eigenvalue weighted by Gasteiger charge is 2.43. The maximum absolute atomic E-state index is 13.5. The van der Waals surface area contributed by atoms with Gasteiger partial charge in [0.1, 0.15) is 17.1 Å². The number of carbonyl (C=O) groups excluding carboxylic acids is 4. The summed E-state index contributed by atoms with van der Waals surface area (Å²) in [4.78, 5) is 54.2. The molecule has 0 saturated carbocycles. The van der Waals surface area contributed by atoms with E-state index in [2.05, 4.69) is 0 Å². The number of para-hydroxylation sites is 2. The van der Waals surface area contributed by atoms with Gasteiger partial charge in [-0.2, -0.15) is 0 Å². The number of carbonyl (C=O) groups is 4. The van der Waals surface area contributed by atoms with Crippen LogP contribution in [0, 0.1) is 0 Å². The lowest BCUT2D eigenvalue weighted by atomic mass is 10.1. The summed E-state index contributed by atoms with van der Waals surface area (Å²) in [5.41, 5.74) is 1.05. The Balaban J connectivity index is 1.58. The van der Waals surface area contributed by atoms with Crippen molar-refractivity contribution in [3.05, 3.63) is 113 Å². The van der Waals surface area contributed by atoms with Crippen LogP contribution < -0.4 is 9.80 Å². The largest absolute Gasteiger partial charge is 0.465 e. The minimum absolute atomic E-state index is 0.173. The van der Waals surface area contributed by atoms with Crippen LogP contribution in [-0.4, -0.2) is 30.9 Å². The van der Waals surface area contributed by atoms with E-state index in [4.69, 9.17) is 20.8 Å². The predicted octanol–water partition coefficient (Wildman–Crippen LogP) is 5.97. The molecular weight excluding hydrogens is 508 g/mol. The van der Waals surface area contributed by atoms with E-state index in [1.165, 1.54) is 25.3 Å². The molecule has 4 aromatic rings. The molecule has 0 bridgehead atoms. The molecule has 2 heterocycles. The first-order valence-corrected chi connectivity index (χ1v) is 11.8. The Labute approximate surface area is 222 Å². The van der Waals surface area contributed by atoms with Gasteiger partial charge in [-0.3, -0.25) is 9.59 Å². The molecule has 4 amide bonds. The summed E-state index contributed by atoms with van der Waals surface area (Å²) >= 11 is 6.33. The van der Waals surface area contributed by atoms with E-state index in [1.54, 1.807) is 78.9 Å². The monoisotopic (exact) mass is 526 g/mol. The Morgan fingerprint density at radius 1 is 0.816 bits per heavy atom. The van der Waals surface area contributed by atoms with Crippen LogP contribution in [0.3, 0.4) is 0 Å². The van der Waals surface area contributed by atoms with Crippen molar-refractivity contribution in [3.8, 4) is 11.3 Å². The zero-order valence-corrected chi connectivity index (χ0v) is 20.7. The fourth-order valence-electron chi connectivity index (χ4n) is 4.02. The van der Waals surface area contributed by atoms with Gasteiger partial charge in [0, 0.05) is 5.56 Å². The number of benzene rings is 3. The van der Waals surface area contributed by atoms with Gasteiger partial charge < -0.3 is 9.15 Å². The summed E-state index contributed by atoms with van der Waals surface area (Å²) in [6.45, 7) is 0. The lowest BCUT2D eigenvalue weighted by molar-refractivity contribution is -0.121. The molecule has 38 heavy (non-hydrogen) atoms. The van der Waals surface area contributed by atoms with Crippen molar-refractivity contribution >= 4 is 52.9 Å². The smallest absolute Gasteiger partial charge is 0.343 e. The Hall–Kier alpha value is -4.95. The first-order chi connectivity index (χ1) is 18.4. The predicted molar refractivity (Wildman–Crippen MR) is 142 cm³/mol. The minimum atomic E-state index is -0.791. The second kappa shape index (κ2) is 10.2. The molecular formula is C29H19ClN2O6. The maximum Gasteiger partial charge on any atom is 0.343 e. The molecule has 1 fully saturated rings. The summed E-state index contributed by atoms with van der Waals surface area (Å²) in [5, 5.41) is 0.326. The van der Waals surface area contributed by atoms with Crippen molar-refractivity contribution in [2.75, 3.05) is 16.9 Å². The van der Waals surface area contributed by atoms with Crippen molar-refractivity contribution in [2.45, 2.75) is 0 Å². The highest BCUT2D eigenvalue weighted by atomic mass is 35.5. The van der Waals surface area contributed by atoms with E-state index in [1.807, 2.05) is 0 Å². The highest BCUT2D eigenvalue weighted by Crippen LogP contribution is 2.33.